The highest BCUT2D eigenvalue weighted by molar-refractivity contribution is 5.92. The van der Waals surface area contributed by atoms with Crippen LogP contribution in [0.3, 0.4) is 0 Å². The predicted molar refractivity (Wildman–Crippen MR) is 116 cm³/mol. The molecule has 0 bridgehead atoms. The molecule has 0 spiro atoms. The van der Waals surface area contributed by atoms with Crippen LogP contribution in [0.2, 0.25) is 0 Å². The number of carbonyl (C=O) groups excluding carboxylic acids is 2. The fraction of sp³-hybridized carbons (Fsp3) is 0.500. The summed E-state index contributed by atoms with van der Waals surface area (Å²) in [6.45, 7) is 5.24. The number of halogens is 1. The van der Waals surface area contributed by atoms with E-state index in [0.717, 1.165) is 61.4 Å². The third kappa shape index (κ3) is 4.92. The standard InChI is InChI=1S/C24H29FN4O2/c1-15-21(13-22(30)28-20-9-7-19(25)8-10-20)16(2)27-23(26-15)18-11-12-29(14-18)24(31)17-5-3-4-6-17/h7-10,17-18H,3-6,11-14H2,1-2H3,(H,28,30). The van der Waals surface area contributed by atoms with Crippen LogP contribution < -0.4 is 5.32 Å². The van der Waals surface area contributed by atoms with E-state index in [4.69, 9.17) is 9.97 Å². The zero-order valence-electron chi connectivity index (χ0n) is 18.2. The molecule has 1 atom stereocenters. The van der Waals surface area contributed by atoms with Crippen LogP contribution in [0.15, 0.2) is 24.3 Å². The van der Waals surface area contributed by atoms with Gasteiger partial charge < -0.3 is 10.2 Å². The van der Waals surface area contributed by atoms with Gasteiger partial charge in [0.2, 0.25) is 11.8 Å². The molecule has 0 radical (unpaired) electrons. The lowest BCUT2D eigenvalue weighted by molar-refractivity contribution is -0.134. The minimum Gasteiger partial charge on any atom is -0.342 e. The average Bonchev–Trinajstić information content (AvgIpc) is 3.44. The van der Waals surface area contributed by atoms with E-state index in [2.05, 4.69) is 5.32 Å². The Morgan fingerprint density at radius 1 is 1.06 bits per heavy atom. The molecule has 4 rings (SSSR count). The average molecular weight is 425 g/mol. The molecule has 1 aromatic heterocycles. The van der Waals surface area contributed by atoms with Gasteiger partial charge in [0.1, 0.15) is 11.6 Å². The second-order valence-corrected chi connectivity index (χ2v) is 8.71. The van der Waals surface area contributed by atoms with Gasteiger partial charge in [-0.1, -0.05) is 12.8 Å². The summed E-state index contributed by atoms with van der Waals surface area (Å²) in [4.78, 5) is 36.6. The third-order valence-corrected chi connectivity index (χ3v) is 6.47. The highest BCUT2D eigenvalue weighted by atomic mass is 19.1. The van der Waals surface area contributed by atoms with Gasteiger partial charge in [-0.25, -0.2) is 14.4 Å². The SMILES string of the molecule is Cc1nc(C2CCN(C(=O)C3CCCC3)C2)nc(C)c1CC(=O)Nc1ccc(F)cc1. The predicted octanol–water partition coefficient (Wildman–Crippen LogP) is 3.92. The monoisotopic (exact) mass is 424 g/mol. The Morgan fingerprint density at radius 3 is 2.35 bits per heavy atom. The van der Waals surface area contributed by atoms with E-state index >= 15 is 0 Å². The van der Waals surface area contributed by atoms with Gasteiger partial charge >= 0.3 is 0 Å². The lowest BCUT2D eigenvalue weighted by Crippen LogP contribution is -2.33. The first kappa shape index (κ1) is 21.4. The Kier molecular flexibility index (Phi) is 6.30. The van der Waals surface area contributed by atoms with Gasteiger partial charge in [-0.2, -0.15) is 0 Å². The van der Waals surface area contributed by atoms with Crippen LogP contribution in [-0.2, 0) is 16.0 Å². The topological polar surface area (TPSA) is 75.2 Å². The molecule has 1 unspecified atom stereocenters. The third-order valence-electron chi connectivity index (χ3n) is 6.47. The Labute approximate surface area is 182 Å². The molecular weight excluding hydrogens is 395 g/mol. The number of hydrogen-bond donors (Lipinski definition) is 1. The van der Waals surface area contributed by atoms with Gasteiger partial charge in [0.15, 0.2) is 0 Å². The summed E-state index contributed by atoms with van der Waals surface area (Å²) in [5.74, 6) is 0.865. The fourth-order valence-electron chi connectivity index (χ4n) is 4.70. The summed E-state index contributed by atoms with van der Waals surface area (Å²) in [5, 5.41) is 2.78. The van der Waals surface area contributed by atoms with Crippen LogP contribution in [0.1, 0.15) is 60.8 Å². The molecule has 1 saturated carbocycles. The molecular formula is C24H29FN4O2. The van der Waals surface area contributed by atoms with Crippen molar-refractivity contribution in [1.29, 1.82) is 0 Å². The molecule has 7 heteroatoms. The van der Waals surface area contributed by atoms with Crippen LogP contribution in [0.25, 0.3) is 0 Å². The van der Waals surface area contributed by atoms with Gasteiger partial charge in [-0.3, -0.25) is 9.59 Å². The number of amides is 2. The van der Waals surface area contributed by atoms with Crippen LogP contribution in [-0.4, -0.2) is 39.8 Å². The highest BCUT2D eigenvalue weighted by Gasteiger charge is 2.34. The lowest BCUT2D eigenvalue weighted by Gasteiger charge is -2.20. The van der Waals surface area contributed by atoms with Crippen molar-refractivity contribution in [2.24, 2.45) is 5.92 Å². The molecule has 2 amide bonds. The summed E-state index contributed by atoms with van der Waals surface area (Å²) in [6, 6.07) is 5.69. The van der Waals surface area contributed by atoms with Crippen LogP contribution in [0, 0.1) is 25.6 Å². The molecule has 31 heavy (non-hydrogen) atoms. The maximum absolute atomic E-state index is 13.0. The van der Waals surface area contributed by atoms with Crippen molar-refractivity contribution in [2.45, 2.75) is 58.3 Å². The van der Waals surface area contributed by atoms with E-state index in [1.54, 1.807) is 0 Å². The van der Waals surface area contributed by atoms with Crippen molar-refractivity contribution < 1.29 is 14.0 Å². The Bertz CT molecular complexity index is 947. The number of aryl methyl sites for hydroxylation is 2. The van der Waals surface area contributed by atoms with E-state index < -0.39 is 0 Å². The van der Waals surface area contributed by atoms with E-state index in [1.807, 2.05) is 18.7 Å². The van der Waals surface area contributed by atoms with Gasteiger partial charge in [0.25, 0.3) is 0 Å². The number of nitrogens with one attached hydrogen (secondary N) is 1. The Hall–Kier alpha value is -2.83. The summed E-state index contributed by atoms with van der Waals surface area (Å²) < 4.78 is 13.0. The van der Waals surface area contributed by atoms with E-state index in [-0.39, 0.29) is 30.0 Å². The van der Waals surface area contributed by atoms with Crippen LogP contribution >= 0.6 is 0 Å². The van der Waals surface area contributed by atoms with Gasteiger partial charge in [-0.05, 0) is 57.4 Å². The maximum atomic E-state index is 13.0. The number of rotatable bonds is 5. The van der Waals surface area contributed by atoms with Gasteiger partial charge in [0.05, 0.1) is 6.42 Å². The zero-order valence-corrected chi connectivity index (χ0v) is 18.2. The van der Waals surface area contributed by atoms with Crippen molar-refractivity contribution >= 4 is 17.5 Å². The second kappa shape index (κ2) is 9.12. The van der Waals surface area contributed by atoms with Crippen molar-refractivity contribution in [3.8, 4) is 0 Å². The van der Waals surface area contributed by atoms with Crippen molar-refractivity contribution in [1.82, 2.24) is 14.9 Å². The second-order valence-electron chi connectivity index (χ2n) is 8.71. The molecule has 1 N–H and O–H groups in total. The first-order chi connectivity index (χ1) is 14.9. The lowest BCUT2D eigenvalue weighted by atomic mass is 10.0. The molecule has 2 aliphatic rings. The number of carbonyl (C=O) groups is 2. The minimum absolute atomic E-state index is 0.143. The number of anilines is 1. The molecule has 1 saturated heterocycles. The number of nitrogens with zero attached hydrogens (tertiary/aromatic N) is 3. The first-order valence-corrected chi connectivity index (χ1v) is 11.1. The molecule has 1 aromatic carbocycles. The first-order valence-electron chi connectivity index (χ1n) is 11.1. The summed E-state index contributed by atoms with van der Waals surface area (Å²) in [6.07, 6.45) is 5.39. The zero-order chi connectivity index (χ0) is 22.0. The highest BCUT2D eigenvalue weighted by Crippen LogP contribution is 2.31. The fourth-order valence-corrected chi connectivity index (χ4v) is 4.70. The number of hydrogen-bond acceptors (Lipinski definition) is 4. The molecule has 2 heterocycles. The number of benzene rings is 1. The minimum atomic E-state index is -0.343. The van der Waals surface area contributed by atoms with Crippen molar-refractivity contribution in [3.05, 3.63) is 52.9 Å². The van der Waals surface area contributed by atoms with Crippen LogP contribution in [0.5, 0.6) is 0 Å². The molecule has 1 aliphatic carbocycles. The Morgan fingerprint density at radius 2 is 1.71 bits per heavy atom. The van der Waals surface area contributed by atoms with Gasteiger partial charge in [-0.15, -0.1) is 0 Å². The quantitative estimate of drug-likeness (QED) is 0.789. The van der Waals surface area contributed by atoms with E-state index in [1.165, 1.54) is 24.3 Å². The van der Waals surface area contributed by atoms with E-state index in [9.17, 15) is 14.0 Å². The Balaban J connectivity index is 1.40. The molecule has 164 valence electrons. The normalized spacial score (nSPS) is 19.1. The maximum Gasteiger partial charge on any atom is 0.228 e. The smallest absolute Gasteiger partial charge is 0.228 e. The van der Waals surface area contributed by atoms with Crippen LogP contribution in [0.4, 0.5) is 10.1 Å². The molecule has 2 fully saturated rings. The number of aromatic nitrogens is 2. The number of likely N-dealkylation sites (tertiary alicyclic amines) is 1. The van der Waals surface area contributed by atoms with Crippen molar-refractivity contribution in [3.63, 3.8) is 0 Å². The van der Waals surface area contributed by atoms with E-state index in [0.29, 0.717) is 18.1 Å². The van der Waals surface area contributed by atoms with Crippen molar-refractivity contribution in [2.75, 3.05) is 18.4 Å². The summed E-state index contributed by atoms with van der Waals surface area (Å²) >= 11 is 0. The molecule has 6 nitrogen and oxygen atoms in total. The summed E-state index contributed by atoms with van der Waals surface area (Å²) in [5.41, 5.74) is 2.94. The van der Waals surface area contributed by atoms with Gasteiger partial charge in [0, 0.05) is 47.6 Å². The molecule has 2 aromatic rings. The largest absolute Gasteiger partial charge is 0.342 e. The summed E-state index contributed by atoms with van der Waals surface area (Å²) in [7, 11) is 0. The molecule has 1 aliphatic heterocycles.